The molecule has 1 heterocycles. The van der Waals surface area contributed by atoms with Crippen LogP contribution in [0.1, 0.15) is 55.4 Å². The number of carbonyl (C=O) groups is 1. The van der Waals surface area contributed by atoms with Crippen molar-refractivity contribution in [1.82, 2.24) is 9.97 Å². The Bertz CT molecular complexity index is 1160. The summed E-state index contributed by atoms with van der Waals surface area (Å²) in [5.74, 6) is -0.512. The molecule has 2 aliphatic rings. The van der Waals surface area contributed by atoms with Gasteiger partial charge in [-0.3, -0.25) is 14.9 Å². The number of carbonyl (C=O) groups excluding carboxylic acids is 1. The summed E-state index contributed by atoms with van der Waals surface area (Å²) in [6.45, 7) is 3.87. The summed E-state index contributed by atoms with van der Waals surface area (Å²) in [5, 5.41) is 32.7. The van der Waals surface area contributed by atoms with Crippen molar-refractivity contribution in [2.24, 2.45) is 5.41 Å². The number of aromatic nitrogens is 2. The third-order valence-electron chi connectivity index (χ3n) is 6.38. The SMILES string of the molecule is CC1(C)C2CCC1(C(=O)Nc1ccccc1[N+](=O)[O-])c1nc(C#N)c(C#N)nc12. The number of hydrogen-bond donors (Lipinski definition) is 1. The van der Waals surface area contributed by atoms with E-state index in [-0.39, 0.29) is 28.7 Å². The molecule has 1 aromatic carbocycles. The maximum absolute atomic E-state index is 13.6. The van der Waals surface area contributed by atoms with Crippen LogP contribution in [0.25, 0.3) is 0 Å². The Morgan fingerprint density at radius 2 is 1.90 bits per heavy atom. The van der Waals surface area contributed by atoms with Gasteiger partial charge in [0.25, 0.3) is 5.69 Å². The van der Waals surface area contributed by atoms with Crippen LogP contribution in [-0.2, 0) is 10.2 Å². The molecule has 2 bridgehead atoms. The van der Waals surface area contributed by atoms with Crippen molar-refractivity contribution >= 4 is 17.3 Å². The number of para-hydroxylation sites is 2. The maximum Gasteiger partial charge on any atom is 0.292 e. The lowest BCUT2D eigenvalue weighted by Gasteiger charge is -2.36. The van der Waals surface area contributed by atoms with Crippen molar-refractivity contribution in [1.29, 1.82) is 10.5 Å². The number of fused-ring (bicyclic) bond motifs is 5. The van der Waals surface area contributed by atoms with E-state index in [4.69, 9.17) is 0 Å². The summed E-state index contributed by atoms with van der Waals surface area (Å²) in [6, 6.07) is 9.71. The van der Waals surface area contributed by atoms with E-state index in [1.807, 2.05) is 26.0 Å². The summed E-state index contributed by atoms with van der Waals surface area (Å²) in [7, 11) is 0. The molecule has 0 radical (unpaired) electrons. The van der Waals surface area contributed by atoms with Gasteiger partial charge in [0.2, 0.25) is 5.91 Å². The Hall–Kier alpha value is -3.85. The minimum atomic E-state index is -1.09. The number of amides is 1. The van der Waals surface area contributed by atoms with Crippen LogP contribution in [-0.4, -0.2) is 20.8 Å². The molecule has 2 atom stereocenters. The van der Waals surface area contributed by atoms with Gasteiger partial charge in [0, 0.05) is 12.0 Å². The number of nitriles is 2. The summed E-state index contributed by atoms with van der Waals surface area (Å²) in [5.41, 5.74) is -0.984. The minimum absolute atomic E-state index is 0.0520. The fourth-order valence-corrected chi connectivity index (χ4v) is 4.89. The van der Waals surface area contributed by atoms with Gasteiger partial charge < -0.3 is 5.32 Å². The molecule has 9 nitrogen and oxygen atoms in total. The highest BCUT2D eigenvalue weighted by atomic mass is 16.6. The molecule has 1 fully saturated rings. The highest BCUT2D eigenvalue weighted by Crippen LogP contribution is 2.67. The van der Waals surface area contributed by atoms with Crippen LogP contribution in [0.5, 0.6) is 0 Å². The molecule has 0 aliphatic heterocycles. The standard InChI is InChI=1S/C20H16N6O3/c1-19(2)11-7-8-20(19,17-16(11)23-13(9-21)14(10-22)24-17)18(27)25-12-5-3-4-6-15(12)26(28)29/h3-6,11H,7-8H2,1-2H3,(H,25,27). The number of nitro benzene ring substituents is 1. The molecule has 2 aliphatic carbocycles. The fourth-order valence-electron chi connectivity index (χ4n) is 4.89. The Morgan fingerprint density at radius 3 is 2.55 bits per heavy atom. The first-order chi connectivity index (χ1) is 13.8. The molecule has 2 aromatic rings. The number of hydrogen-bond acceptors (Lipinski definition) is 7. The molecule has 1 saturated carbocycles. The van der Waals surface area contributed by atoms with Gasteiger partial charge in [-0.25, -0.2) is 9.97 Å². The zero-order valence-electron chi connectivity index (χ0n) is 15.8. The Labute approximate surface area is 166 Å². The number of nitrogens with zero attached hydrogens (tertiary/aromatic N) is 5. The highest BCUT2D eigenvalue weighted by molar-refractivity contribution is 6.02. The van der Waals surface area contributed by atoms with Crippen LogP contribution >= 0.6 is 0 Å². The fraction of sp³-hybridized carbons (Fsp3) is 0.350. The molecule has 1 amide bonds. The lowest BCUT2D eigenvalue weighted by Crippen LogP contribution is -2.47. The number of nitro groups is 1. The van der Waals surface area contributed by atoms with E-state index in [0.29, 0.717) is 24.2 Å². The van der Waals surface area contributed by atoms with Gasteiger partial charge in [0.15, 0.2) is 11.4 Å². The summed E-state index contributed by atoms with van der Waals surface area (Å²) >= 11 is 0. The van der Waals surface area contributed by atoms with E-state index in [1.54, 1.807) is 6.07 Å². The maximum atomic E-state index is 13.6. The van der Waals surface area contributed by atoms with E-state index in [9.17, 15) is 25.4 Å². The Balaban J connectivity index is 1.86. The second kappa shape index (κ2) is 6.08. The molecule has 0 saturated heterocycles. The van der Waals surface area contributed by atoms with Crippen molar-refractivity contribution in [3.8, 4) is 12.1 Å². The van der Waals surface area contributed by atoms with Gasteiger partial charge in [0.1, 0.15) is 17.8 Å². The molecular weight excluding hydrogens is 372 g/mol. The molecule has 1 aromatic heterocycles. The summed E-state index contributed by atoms with van der Waals surface area (Å²) in [6.07, 6.45) is 1.16. The average molecular weight is 388 g/mol. The highest BCUT2D eigenvalue weighted by Gasteiger charge is 2.68. The molecule has 4 rings (SSSR count). The second-order valence-electron chi connectivity index (χ2n) is 7.82. The van der Waals surface area contributed by atoms with Crippen LogP contribution in [0.2, 0.25) is 0 Å². The third-order valence-corrected chi connectivity index (χ3v) is 6.38. The number of nitrogens with one attached hydrogen (secondary N) is 1. The minimum Gasteiger partial charge on any atom is -0.320 e. The van der Waals surface area contributed by atoms with Crippen molar-refractivity contribution in [2.45, 2.75) is 38.0 Å². The van der Waals surface area contributed by atoms with Crippen molar-refractivity contribution in [3.63, 3.8) is 0 Å². The van der Waals surface area contributed by atoms with Gasteiger partial charge in [0.05, 0.1) is 21.7 Å². The number of rotatable bonds is 3. The third kappa shape index (κ3) is 2.28. The van der Waals surface area contributed by atoms with E-state index < -0.39 is 21.7 Å². The first-order valence-corrected chi connectivity index (χ1v) is 9.05. The predicted molar refractivity (Wildman–Crippen MR) is 101 cm³/mol. The lowest BCUT2D eigenvalue weighted by atomic mass is 9.67. The van der Waals surface area contributed by atoms with Crippen molar-refractivity contribution in [3.05, 3.63) is 57.2 Å². The quantitative estimate of drug-likeness (QED) is 0.628. The molecule has 9 heteroatoms. The molecule has 144 valence electrons. The smallest absolute Gasteiger partial charge is 0.292 e. The van der Waals surface area contributed by atoms with Crippen LogP contribution in [0, 0.1) is 38.2 Å². The van der Waals surface area contributed by atoms with E-state index in [1.165, 1.54) is 18.2 Å². The van der Waals surface area contributed by atoms with Gasteiger partial charge in [-0.2, -0.15) is 10.5 Å². The van der Waals surface area contributed by atoms with Crippen LogP contribution in [0.3, 0.4) is 0 Å². The first kappa shape index (κ1) is 18.5. The average Bonchev–Trinajstić information content (AvgIpc) is 3.08. The normalized spacial score (nSPS) is 23.0. The lowest BCUT2D eigenvalue weighted by molar-refractivity contribution is -0.383. The number of anilines is 1. The van der Waals surface area contributed by atoms with Crippen LogP contribution in [0.4, 0.5) is 11.4 Å². The van der Waals surface area contributed by atoms with Gasteiger partial charge in [-0.15, -0.1) is 0 Å². The largest absolute Gasteiger partial charge is 0.320 e. The molecule has 1 N–H and O–H groups in total. The van der Waals surface area contributed by atoms with Gasteiger partial charge in [-0.1, -0.05) is 26.0 Å². The Morgan fingerprint density at radius 1 is 1.24 bits per heavy atom. The van der Waals surface area contributed by atoms with Crippen molar-refractivity contribution < 1.29 is 9.72 Å². The zero-order valence-corrected chi connectivity index (χ0v) is 15.8. The monoisotopic (exact) mass is 388 g/mol. The summed E-state index contributed by atoms with van der Waals surface area (Å²) in [4.78, 5) is 33.1. The predicted octanol–water partition coefficient (Wildman–Crippen LogP) is 2.92. The first-order valence-electron chi connectivity index (χ1n) is 9.05. The van der Waals surface area contributed by atoms with E-state index in [2.05, 4.69) is 15.3 Å². The van der Waals surface area contributed by atoms with E-state index >= 15 is 0 Å². The number of benzene rings is 1. The van der Waals surface area contributed by atoms with Gasteiger partial charge >= 0.3 is 0 Å². The summed E-state index contributed by atoms with van der Waals surface area (Å²) < 4.78 is 0. The van der Waals surface area contributed by atoms with E-state index in [0.717, 1.165) is 0 Å². The van der Waals surface area contributed by atoms with Crippen LogP contribution < -0.4 is 5.32 Å². The topological polar surface area (TPSA) is 146 Å². The van der Waals surface area contributed by atoms with Crippen LogP contribution in [0.15, 0.2) is 24.3 Å². The van der Waals surface area contributed by atoms with Gasteiger partial charge in [-0.05, 0) is 24.3 Å². The zero-order chi connectivity index (χ0) is 21.0. The second-order valence-corrected chi connectivity index (χ2v) is 7.82. The molecule has 0 spiro atoms. The molecule has 2 unspecified atom stereocenters. The van der Waals surface area contributed by atoms with Crippen molar-refractivity contribution in [2.75, 3.05) is 5.32 Å². The molecule has 29 heavy (non-hydrogen) atoms. The molecular formula is C20H16N6O3. The Kier molecular flexibility index (Phi) is 3.88.